The number of nitrogens with one attached hydrogen (secondary N) is 1. The standard InChI is InChI=1S/C24H28N2O4S/c1-5-18-8-7-9-19(6-2)23(18)25-24(27)22-15-12-20(30-22)16-26(4)31(28,29)21-13-10-17(3)11-14-21/h7-15H,5-6,16H2,1-4H3,(H,25,27). The smallest absolute Gasteiger partial charge is 0.291 e. The van der Waals surface area contributed by atoms with Gasteiger partial charge in [0.25, 0.3) is 5.91 Å². The molecule has 0 unspecified atom stereocenters. The van der Waals surface area contributed by atoms with Crippen molar-refractivity contribution < 1.29 is 17.6 Å². The Kier molecular flexibility index (Phi) is 6.97. The molecule has 0 aliphatic rings. The lowest BCUT2D eigenvalue weighted by Crippen LogP contribution is -2.26. The van der Waals surface area contributed by atoms with E-state index in [2.05, 4.69) is 5.32 Å². The van der Waals surface area contributed by atoms with Gasteiger partial charge in [-0.2, -0.15) is 4.31 Å². The summed E-state index contributed by atoms with van der Waals surface area (Å²) in [5.74, 6) is 0.179. The van der Waals surface area contributed by atoms with E-state index in [4.69, 9.17) is 4.42 Å². The number of hydrogen-bond donors (Lipinski definition) is 1. The summed E-state index contributed by atoms with van der Waals surface area (Å²) in [6.45, 7) is 6.01. The van der Waals surface area contributed by atoms with Crippen LogP contribution in [-0.2, 0) is 29.4 Å². The number of benzene rings is 2. The van der Waals surface area contributed by atoms with E-state index in [1.165, 1.54) is 11.4 Å². The van der Waals surface area contributed by atoms with Gasteiger partial charge in [-0.3, -0.25) is 4.79 Å². The molecule has 3 rings (SSSR count). The maximum atomic E-state index is 12.8. The van der Waals surface area contributed by atoms with Gasteiger partial charge in [0.05, 0.1) is 11.4 Å². The van der Waals surface area contributed by atoms with Gasteiger partial charge in [-0.15, -0.1) is 0 Å². The van der Waals surface area contributed by atoms with Gasteiger partial charge in [-0.05, 0) is 55.2 Å². The van der Waals surface area contributed by atoms with Gasteiger partial charge in [0.15, 0.2) is 5.76 Å². The fourth-order valence-electron chi connectivity index (χ4n) is 3.36. The van der Waals surface area contributed by atoms with Gasteiger partial charge in [0, 0.05) is 12.7 Å². The topological polar surface area (TPSA) is 79.6 Å². The number of carbonyl (C=O) groups is 1. The third-order valence-corrected chi connectivity index (χ3v) is 7.05. The van der Waals surface area contributed by atoms with Crippen LogP contribution in [0.3, 0.4) is 0 Å². The van der Waals surface area contributed by atoms with Gasteiger partial charge in [-0.25, -0.2) is 8.42 Å². The number of amides is 1. The zero-order chi connectivity index (χ0) is 22.6. The largest absolute Gasteiger partial charge is 0.455 e. The SMILES string of the molecule is CCc1cccc(CC)c1NC(=O)c1ccc(CN(C)S(=O)(=O)c2ccc(C)cc2)o1. The molecule has 0 aliphatic carbocycles. The first-order valence-corrected chi connectivity index (χ1v) is 11.7. The fourth-order valence-corrected chi connectivity index (χ4v) is 4.49. The highest BCUT2D eigenvalue weighted by atomic mass is 32.2. The Balaban J connectivity index is 1.74. The molecule has 3 aromatic rings. The Bertz CT molecular complexity index is 1140. The minimum absolute atomic E-state index is 0.0231. The number of hydrogen-bond acceptors (Lipinski definition) is 4. The predicted octanol–water partition coefficient (Wildman–Crippen LogP) is 4.79. The van der Waals surface area contributed by atoms with Crippen molar-refractivity contribution in [2.24, 2.45) is 0 Å². The molecule has 0 aliphatic heterocycles. The average Bonchev–Trinajstić information content (AvgIpc) is 3.22. The van der Waals surface area contributed by atoms with Gasteiger partial charge < -0.3 is 9.73 Å². The normalized spacial score (nSPS) is 11.6. The summed E-state index contributed by atoms with van der Waals surface area (Å²) in [7, 11) is -2.17. The van der Waals surface area contributed by atoms with E-state index in [1.807, 2.05) is 39.0 Å². The zero-order valence-corrected chi connectivity index (χ0v) is 19.1. The third-order valence-electron chi connectivity index (χ3n) is 5.23. The second-order valence-electron chi connectivity index (χ2n) is 7.45. The van der Waals surface area contributed by atoms with Crippen LogP contribution < -0.4 is 5.32 Å². The van der Waals surface area contributed by atoms with Crippen LogP contribution in [0.1, 0.15) is 46.9 Å². The molecule has 0 atom stereocenters. The Morgan fingerprint density at radius 2 is 1.58 bits per heavy atom. The van der Waals surface area contributed by atoms with Crippen LogP contribution in [0.2, 0.25) is 0 Å². The van der Waals surface area contributed by atoms with Gasteiger partial charge >= 0.3 is 0 Å². The third kappa shape index (κ3) is 5.06. The molecule has 7 heteroatoms. The Morgan fingerprint density at radius 1 is 0.968 bits per heavy atom. The average molecular weight is 441 g/mol. The second kappa shape index (κ2) is 9.49. The van der Waals surface area contributed by atoms with E-state index in [0.717, 1.165) is 35.2 Å². The van der Waals surface area contributed by atoms with Crippen LogP contribution in [0.25, 0.3) is 0 Å². The molecule has 0 bridgehead atoms. The number of nitrogens with zero attached hydrogens (tertiary/aromatic N) is 1. The summed E-state index contributed by atoms with van der Waals surface area (Å²) < 4.78 is 32.4. The number of furan rings is 1. The molecule has 6 nitrogen and oxygen atoms in total. The Hall–Kier alpha value is -2.90. The first kappa shape index (κ1) is 22.8. The molecule has 0 spiro atoms. The highest BCUT2D eigenvalue weighted by Gasteiger charge is 2.23. The number of sulfonamides is 1. The van der Waals surface area contributed by atoms with Crippen LogP contribution in [0.15, 0.2) is 63.9 Å². The lowest BCUT2D eigenvalue weighted by Gasteiger charge is -2.16. The van der Waals surface area contributed by atoms with Crippen molar-refractivity contribution in [3.8, 4) is 0 Å². The van der Waals surface area contributed by atoms with E-state index >= 15 is 0 Å². The van der Waals surface area contributed by atoms with Crippen molar-refractivity contribution in [2.75, 3.05) is 12.4 Å². The van der Waals surface area contributed by atoms with Gasteiger partial charge in [-0.1, -0.05) is 49.7 Å². The summed E-state index contributed by atoms with van der Waals surface area (Å²) in [5.41, 5.74) is 3.92. The highest BCUT2D eigenvalue weighted by molar-refractivity contribution is 7.89. The molecule has 1 N–H and O–H groups in total. The molecular formula is C24H28N2O4S. The Morgan fingerprint density at radius 3 is 2.16 bits per heavy atom. The summed E-state index contributed by atoms with van der Waals surface area (Å²) in [5, 5.41) is 2.96. The van der Waals surface area contributed by atoms with Crippen molar-refractivity contribution in [3.05, 3.63) is 82.8 Å². The van der Waals surface area contributed by atoms with Crippen LogP contribution in [-0.4, -0.2) is 25.7 Å². The number of carbonyl (C=O) groups excluding carboxylic acids is 1. The predicted molar refractivity (Wildman–Crippen MR) is 122 cm³/mol. The second-order valence-corrected chi connectivity index (χ2v) is 9.50. The minimum Gasteiger partial charge on any atom is -0.455 e. The quantitative estimate of drug-likeness (QED) is 0.546. The summed E-state index contributed by atoms with van der Waals surface area (Å²) in [4.78, 5) is 13.0. The molecule has 2 aromatic carbocycles. The number of rotatable bonds is 8. The highest BCUT2D eigenvalue weighted by Crippen LogP contribution is 2.24. The van der Waals surface area contributed by atoms with Crippen LogP contribution in [0.4, 0.5) is 5.69 Å². The van der Waals surface area contributed by atoms with E-state index < -0.39 is 10.0 Å². The molecule has 0 saturated carbocycles. The zero-order valence-electron chi connectivity index (χ0n) is 18.3. The van der Waals surface area contributed by atoms with Gasteiger partial charge in [0.1, 0.15) is 5.76 Å². The van der Waals surface area contributed by atoms with E-state index in [0.29, 0.717) is 5.76 Å². The molecule has 1 aromatic heterocycles. The monoisotopic (exact) mass is 440 g/mol. The first-order valence-electron chi connectivity index (χ1n) is 10.3. The van der Waals surface area contributed by atoms with Crippen LogP contribution >= 0.6 is 0 Å². The Labute approximate surface area is 183 Å². The van der Waals surface area contributed by atoms with E-state index in [-0.39, 0.29) is 23.1 Å². The first-order chi connectivity index (χ1) is 14.8. The lowest BCUT2D eigenvalue weighted by molar-refractivity contribution is 0.0994. The molecule has 0 fully saturated rings. The minimum atomic E-state index is -3.66. The lowest BCUT2D eigenvalue weighted by atomic mass is 10.0. The molecular weight excluding hydrogens is 412 g/mol. The molecule has 164 valence electrons. The molecule has 1 amide bonds. The maximum absolute atomic E-state index is 12.8. The van der Waals surface area contributed by atoms with Crippen LogP contribution in [0.5, 0.6) is 0 Å². The summed E-state index contributed by atoms with van der Waals surface area (Å²) in [6, 6.07) is 15.9. The van der Waals surface area contributed by atoms with E-state index in [9.17, 15) is 13.2 Å². The summed E-state index contributed by atoms with van der Waals surface area (Å²) >= 11 is 0. The van der Waals surface area contributed by atoms with Crippen molar-refractivity contribution in [1.29, 1.82) is 0 Å². The molecule has 1 heterocycles. The number of para-hydroxylation sites is 1. The molecule has 31 heavy (non-hydrogen) atoms. The maximum Gasteiger partial charge on any atom is 0.291 e. The number of aryl methyl sites for hydroxylation is 3. The van der Waals surface area contributed by atoms with Gasteiger partial charge in [0.2, 0.25) is 10.0 Å². The van der Waals surface area contributed by atoms with E-state index in [1.54, 1.807) is 36.4 Å². The van der Waals surface area contributed by atoms with Crippen LogP contribution in [0, 0.1) is 6.92 Å². The van der Waals surface area contributed by atoms with Crippen molar-refractivity contribution in [3.63, 3.8) is 0 Å². The molecule has 0 saturated heterocycles. The van der Waals surface area contributed by atoms with Crippen molar-refractivity contribution in [2.45, 2.75) is 45.1 Å². The van der Waals surface area contributed by atoms with Crippen molar-refractivity contribution >= 4 is 21.6 Å². The fraction of sp³-hybridized carbons (Fsp3) is 0.292. The summed E-state index contributed by atoms with van der Waals surface area (Å²) in [6.07, 6.45) is 1.60. The molecule has 0 radical (unpaired) electrons. The van der Waals surface area contributed by atoms with Crippen molar-refractivity contribution in [1.82, 2.24) is 4.31 Å². The number of anilines is 1.